The highest BCUT2D eigenvalue weighted by molar-refractivity contribution is 5.75. The molecule has 0 fully saturated rings. The molecule has 0 spiro atoms. The molecule has 0 saturated carbocycles. The summed E-state index contributed by atoms with van der Waals surface area (Å²) in [5.74, 6) is 1.43. The van der Waals surface area contributed by atoms with Gasteiger partial charge in [0.1, 0.15) is 0 Å². The molecule has 0 rings (SSSR count). The van der Waals surface area contributed by atoms with Gasteiger partial charge < -0.3 is 4.74 Å². The van der Waals surface area contributed by atoms with Gasteiger partial charge >= 0.3 is 5.97 Å². The topological polar surface area (TPSA) is 64.6 Å². The molecule has 0 radical (unpaired) electrons. The van der Waals surface area contributed by atoms with Crippen LogP contribution in [0.4, 0.5) is 0 Å². The SMILES string of the molecule is C#CCCC(=O)NOCC(=O)OCC. The highest BCUT2D eigenvalue weighted by atomic mass is 16.7. The van der Waals surface area contributed by atoms with E-state index in [4.69, 9.17) is 6.42 Å². The molecule has 0 atom stereocenters. The Morgan fingerprint density at radius 2 is 2.21 bits per heavy atom. The molecule has 78 valence electrons. The third-order valence-electron chi connectivity index (χ3n) is 1.18. The molecule has 14 heavy (non-hydrogen) atoms. The van der Waals surface area contributed by atoms with Crippen molar-refractivity contribution >= 4 is 11.9 Å². The van der Waals surface area contributed by atoms with E-state index in [-0.39, 0.29) is 25.5 Å². The van der Waals surface area contributed by atoms with Crippen molar-refractivity contribution in [2.75, 3.05) is 13.2 Å². The Bertz CT molecular complexity index is 231. The van der Waals surface area contributed by atoms with E-state index >= 15 is 0 Å². The fraction of sp³-hybridized carbons (Fsp3) is 0.556. The maximum absolute atomic E-state index is 10.9. The summed E-state index contributed by atoms with van der Waals surface area (Å²) in [5.41, 5.74) is 2.07. The van der Waals surface area contributed by atoms with Crippen LogP contribution in [-0.2, 0) is 19.2 Å². The van der Waals surface area contributed by atoms with Crippen molar-refractivity contribution in [3.63, 3.8) is 0 Å². The van der Waals surface area contributed by atoms with Crippen molar-refractivity contribution in [2.45, 2.75) is 19.8 Å². The Balaban J connectivity index is 3.40. The summed E-state index contributed by atoms with van der Waals surface area (Å²) in [6.45, 7) is 1.67. The Hall–Kier alpha value is -1.54. The maximum atomic E-state index is 10.9. The van der Waals surface area contributed by atoms with E-state index in [1.165, 1.54) is 0 Å². The zero-order valence-corrected chi connectivity index (χ0v) is 8.04. The predicted molar refractivity (Wildman–Crippen MR) is 48.8 cm³/mol. The minimum Gasteiger partial charge on any atom is -0.464 e. The first-order valence-corrected chi connectivity index (χ1v) is 4.20. The summed E-state index contributed by atoms with van der Waals surface area (Å²) in [6, 6.07) is 0. The molecule has 0 aliphatic carbocycles. The highest BCUT2D eigenvalue weighted by Crippen LogP contribution is 1.86. The molecule has 5 nitrogen and oxygen atoms in total. The summed E-state index contributed by atoms with van der Waals surface area (Å²) in [6.07, 6.45) is 5.47. The van der Waals surface area contributed by atoms with Crippen molar-refractivity contribution in [1.82, 2.24) is 5.48 Å². The van der Waals surface area contributed by atoms with Crippen LogP contribution in [0.15, 0.2) is 0 Å². The molecule has 0 aromatic carbocycles. The molecule has 0 aromatic heterocycles. The molecule has 0 heterocycles. The first kappa shape index (κ1) is 12.5. The van der Waals surface area contributed by atoms with Crippen molar-refractivity contribution in [2.24, 2.45) is 0 Å². The number of nitrogens with one attached hydrogen (secondary N) is 1. The molecule has 0 aliphatic heterocycles. The smallest absolute Gasteiger partial charge is 0.334 e. The van der Waals surface area contributed by atoms with Gasteiger partial charge in [-0.25, -0.2) is 10.3 Å². The number of rotatable bonds is 6. The number of carbonyl (C=O) groups excluding carboxylic acids is 2. The first-order chi connectivity index (χ1) is 6.70. The van der Waals surface area contributed by atoms with E-state index in [0.29, 0.717) is 6.42 Å². The molecule has 0 aliphatic rings. The lowest BCUT2D eigenvalue weighted by Gasteiger charge is -2.04. The van der Waals surface area contributed by atoms with Crippen molar-refractivity contribution < 1.29 is 19.2 Å². The number of esters is 1. The summed E-state index contributed by atoms with van der Waals surface area (Å²) in [7, 11) is 0. The normalized spacial score (nSPS) is 8.86. The van der Waals surface area contributed by atoms with Gasteiger partial charge in [0, 0.05) is 12.8 Å². The summed E-state index contributed by atoms with van der Waals surface area (Å²) < 4.78 is 4.56. The number of carbonyl (C=O) groups is 2. The monoisotopic (exact) mass is 199 g/mol. The molecular weight excluding hydrogens is 186 g/mol. The van der Waals surface area contributed by atoms with Crippen molar-refractivity contribution in [3.8, 4) is 12.3 Å². The predicted octanol–water partition coefficient (Wildman–Crippen LogP) is 0.0107. The van der Waals surface area contributed by atoms with Gasteiger partial charge in [0.2, 0.25) is 5.91 Å². The lowest BCUT2D eigenvalue weighted by molar-refractivity contribution is -0.154. The third-order valence-corrected chi connectivity index (χ3v) is 1.18. The van der Waals surface area contributed by atoms with Crippen LogP contribution in [0.3, 0.4) is 0 Å². The van der Waals surface area contributed by atoms with Crippen LogP contribution in [0.1, 0.15) is 19.8 Å². The number of hydrogen-bond donors (Lipinski definition) is 1. The number of ether oxygens (including phenoxy) is 1. The van der Waals surface area contributed by atoms with E-state index in [1.54, 1.807) is 6.92 Å². The van der Waals surface area contributed by atoms with Crippen molar-refractivity contribution in [1.29, 1.82) is 0 Å². The Morgan fingerprint density at radius 3 is 2.79 bits per heavy atom. The molecule has 0 aromatic rings. The number of hydrogen-bond acceptors (Lipinski definition) is 4. The van der Waals surface area contributed by atoms with Crippen LogP contribution in [0.2, 0.25) is 0 Å². The zero-order valence-electron chi connectivity index (χ0n) is 8.04. The standard InChI is InChI=1S/C9H13NO4/c1-3-5-6-8(11)10-14-7-9(12)13-4-2/h1H,4-7H2,2H3,(H,10,11). The fourth-order valence-corrected chi connectivity index (χ4v) is 0.615. The van der Waals surface area contributed by atoms with Gasteiger partial charge in [-0.2, -0.15) is 0 Å². The Kier molecular flexibility index (Phi) is 7.19. The van der Waals surface area contributed by atoms with Crippen LogP contribution in [0.5, 0.6) is 0 Å². The molecule has 0 bridgehead atoms. The van der Waals surface area contributed by atoms with E-state index in [0.717, 1.165) is 0 Å². The van der Waals surface area contributed by atoms with Gasteiger partial charge in [-0.15, -0.1) is 12.3 Å². The summed E-state index contributed by atoms with van der Waals surface area (Å²) >= 11 is 0. The van der Waals surface area contributed by atoms with Crippen LogP contribution in [0, 0.1) is 12.3 Å². The number of amides is 1. The number of hydroxylamine groups is 1. The van der Waals surface area contributed by atoms with Gasteiger partial charge in [0.25, 0.3) is 0 Å². The third kappa shape index (κ3) is 7.13. The minimum absolute atomic E-state index is 0.180. The largest absolute Gasteiger partial charge is 0.464 e. The van der Waals surface area contributed by atoms with Gasteiger partial charge in [0.15, 0.2) is 6.61 Å². The van der Waals surface area contributed by atoms with E-state index < -0.39 is 5.97 Å². The van der Waals surface area contributed by atoms with E-state index in [9.17, 15) is 9.59 Å². The molecule has 5 heteroatoms. The lowest BCUT2D eigenvalue weighted by atomic mass is 10.3. The average Bonchev–Trinajstić information content (AvgIpc) is 2.15. The Labute approximate surface area is 82.7 Å². The van der Waals surface area contributed by atoms with Gasteiger partial charge in [-0.05, 0) is 6.92 Å². The average molecular weight is 199 g/mol. The first-order valence-electron chi connectivity index (χ1n) is 4.20. The minimum atomic E-state index is -0.523. The fourth-order valence-electron chi connectivity index (χ4n) is 0.615. The molecule has 0 unspecified atom stereocenters. The van der Waals surface area contributed by atoms with Gasteiger partial charge in [0.05, 0.1) is 6.61 Å². The zero-order chi connectivity index (χ0) is 10.8. The second kappa shape index (κ2) is 8.08. The second-order valence-electron chi connectivity index (χ2n) is 2.32. The molecule has 1 amide bonds. The molecular formula is C9H13NO4. The lowest BCUT2D eigenvalue weighted by Crippen LogP contribution is -2.27. The van der Waals surface area contributed by atoms with Crippen LogP contribution >= 0.6 is 0 Å². The van der Waals surface area contributed by atoms with Crippen LogP contribution < -0.4 is 5.48 Å². The van der Waals surface area contributed by atoms with E-state index in [2.05, 4.69) is 21.0 Å². The van der Waals surface area contributed by atoms with Gasteiger partial charge in [-0.3, -0.25) is 9.63 Å². The molecule has 1 N–H and O–H groups in total. The van der Waals surface area contributed by atoms with Gasteiger partial charge in [-0.1, -0.05) is 0 Å². The quantitative estimate of drug-likeness (QED) is 0.372. The summed E-state index contributed by atoms with van der Waals surface area (Å²) in [5, 5.41) is 0. The molecule has 0 saturated heterocycles. The van der Waals surface area contributed by atoms with Crippen LogP contribution in [-0.4, -0.2) is 25.1 Å². The van der Waals surface area contributed by atoms with Crippen LogP contribution in [0.25, 0.3) is 0 Å². The second-order valence-corrected chi connectivity index (χ2v) is 2.32. The highest BCUT2D eigenvalue weighted by Gasteiger charge is 2.03. The summed E-state index contributed by atoms with van der Waals surface area (Å²) in [4.78, 5) is 26.1. The number of terminal acetylenes is 1. The van der Waals surface area contributed by atoms with Crippen molar-refractivity contribution in [3.05, 3.63) is 0 Å². The Morgan fingerprint density at radius 1 is 1.50 bits per heavy atom. The van der Waals surface area contributed by atoms with E-state index in [1.807, 2.05) is 0 Å². The maximum Gasteiger partial charge on any atom is 0.334 e.